The normalized spacial score (nSPS) is 16.3. The summed E-state index contributed by atoms with van der Waals surface area (Å²) < 4.78 is 18.7. The van der Waals surface area contributed by atoms with E-state index in [-0.39, 0.29) is 11.9 Å². The number of rotatable bonds is 3. The van der Waals surface area contributed by atoms with Gasteiger partial charge < -0.3 is 9.84 Å². The maximum absolute atomic E-state index is 13.3. The molecule has 0 spiro atoms. The number of nitrogens with zero attached hydrogens (tertiary/aromatic N) is 3. The Kier molecular flexibility index (Phi) is 3.81. The standard InChI is InChI=1S/C21H17FN4O/c22-15-10-8-14(9-11-15)19-18-20(23-12-24-21(18)27-26-19)25-17-7-3-5-13-4-1-2-6-16(13)17/h1-2,4,6,8-12,17H,3,5,7H2,(H,23,24,25). The van der Waals surface area contributed by atoms with Crippen molar-refractivity contribution >= 4 is 16.9 Å². The van der Waals surface area contributed by atoms with Crippen molar-refractivity contribution in [2.45, 2.75) is 25.3 Å². The van der Waals surface area contributed by atoms with Gasteiger partial charge >= 0.3 is 0 Å². The van der Waals surface area contributed by atoms with Gasteiger partial charge in [0.2, 0.25) is 0 Å². The van der Waals surface area contributed by atoms with Gasteiger partial charge in [-0.2, -0.15) is 4.98 Å². The molecule has 2 aromatic carbocycles. The Hall–Kier alpha value is -3.28. The van der Waals surface area contributed by atoms with Gasteiger partial charge in [-0.05, 0) is 54.7 Å². The zero-order valence-corrected chi connectivity index (χ0v) is 14.5. The van der Waals surface area contributed by atoms with Crippen LogP contribution in [0, 0.1) is 5.82 Å². The van der Waals surface area contributed by atoms with Crippen LogP contribution in [0.25, 0.3) is 22.4 Å². The number of halogens is 1. The molecule has 0 saturated carbocycles. The lowest BCUT2D eigenvalue weighted by molar-refractivity contribution is 0.451. The molecule has 1 aliphatic carbocycles. The molecule has 1 unspecified atom stereocenters. The van der Waals surface area contributed by atoms with Crippen LogP contribution in [0.15, 0.2) is 59.4 Å². The predicted octanol–water partition coefficient (Wildman–Crippen LogP) is 4.91. The fourth-order valence-electron chi connectivity index (χ4n) is 3.77. The van der Waals surface area contributed by atoms with E-state index in [9.17, 15) is 4.39 Å². The Balaban J connectivity index is 1.58. The molecule has 6 heteroatoms. The second kappa shape index (κ2) is 6.46. The first kappa shape index (κ1) is 15.9. The molecule has 5 rings (SSSR count). The molecule has 0 bridgehead atoms. The molecule has 5 nitrogen and oxygen atoms in total. The minimum absolute atomic E-state index is 0.170. The van der Waals surface area contributed by atoms with Gasteiger partial charge in [-0.3, -0.25) is 0 Å². The summed E-state index contributed by atoms with van der Waals surface area (Å²) in [6.07, 6.45) is 4.72. The lowest BCUT2D eigenvalue weighted by atomic mass is 9.87. The molecule has 0 saturated heterocycles. The largest absolute Gasteiger partial charge is 0.362 e. The molecular weight excluding hydrogens is 343 g/mol. The van der Waals surface area contributed by atoms with E-state index >= 15 is 0 Å². The van der Waals surface area contributed by atoms with Gasteiger partial charge in [0.15, 0.2) is 0 Å². The lowest BCUT2D eigenvalue weighted by Gasteiger charge is -2.26. The molecule has 1 aliphatic rings. The Morgan fingerprint density at radius 1 is 1.04 bits per heavy atom. The van der Waals surface area contributed by atoms with Crippen molar-refractivity contribution in [2.75, 3.05) is 5.32 Å². The Morgan fingerprint density at radius 3 is 2.78 bits per heavy atom. The third-order valence-electron chi connectivity index (χ3n) is 5.07. The fraction of sp³-hybridized carbons (Fsp3) is 0.190. The highest BCUT2D eigenvalue weighted by molar-refractivity contribution is 5.97. The summed E-state index contributed by atoms with van der Waals surface area (Å²) in [4.78, 5) is 8.64. The minimum atomic E-state index is -0.292. The van der Waals surface area contributed by atoms with Crippen molar-refractivity contribution in [2.24, 2.45) is 0 Å². The monoisotopic (exact) mass is 360 g/mol. The van der Waals surface area contributed by atoms with E-state index in [1.54, 1.807) is 12.1 Å². The molecule has 0 amide bonds. The van der Waals surface area contributed by atoms with Crippen LogP contribution >= 0.6 is 0 Å². The number of fused-ring (bicyclic) bond motifs is 2. The number of nitrogens with one attached hydrogen (secondary N) is 1. The number of aromatic nitrogens is 3. The van der Waals surface area contributed by atoms with Crippen molar-refractivity contribution in [1.82, 2.24) is 15.1 Å². The molecule has 1 atom stereocenters. The molecular formula is C21H17FN4O. The van der Waals surface area contributed by atoms with Crippen molar-refractivity contribution in [3.8, 4) is 11.3 Å². The Bertz CT molecular complexity index is 1110. The third-order valence-corrected chi connectivity index (χ3v) is 5.07. The second-order valence-electron chi connectivity index (χ2n) is 6.73. The number of hydrogen-bond donors (Lipinski definition) is 1. The van der Waals surface area contributed by atoms with Crippen LogP contribution in [0.5, 0.6) is 0 Å². The highest BCUT2D eigenvalue weighted by Crippen LogP contribution is 2.36. The van der Waals surface area contributed by atoms with Crippen LogP contribution in [0.2, 0.25) is 0 Å². The molecule has 27 heavy (non-hydrogen) atoms. The van der Waals surface area contributed by atoms with Crippen LogP contribution in [0.4, 0.5) is 10.2 Å². The van der Waals surface area contributed by atoms with E-state index < -0.39 is 0 Å². The lowest BCUT2D eigenvalue weighted by Crippen LogP contribution is -2.18. The molecule has 134 valence electrons. The molecule has 0 radical (unpaired) electrons. The summed E-state index contributed by atoms with van der Waals surface area (Å²) >= 11 is 0. The van der Waals surface area contributed by atoms with Crippen molar-refractivity contribution < 1.29 is 8.91 Å². The van der Waals surface area contributed by atoms with Crippen molar-refractivity contribution in [3.63, 3.8) is 0 Å². The van der Waals surface area contributed by atoms with E-state index in [0.717, 1.165) is 24.8 Å². The molecule has 0 fully saturated rings. The molecule has 1 N–H and O–H groups in total. The van der Waals surface area contributed by atoms with Gasteiger partial charge in [0.25, 0.3) is 5.71 Å². The average molecular weight is 360 g/mol. The number of anilines is 1. The summed E-state index contributed by atoms with van der Waals surface area (Å²) in [5.41, 5.74) is 4.45. The first-order chi connectivity index (χ1) is 13.3. The van der Waals surface area contributed by atoms with Gasteiger partial charge in [-0.25, -0.2) is 9.37 Å². The number of aryl methyl sites for hydroxylation is 1. The predicted molar refractivity (Wildman–Crippen MR) is 101 cm³/mol. The van der Waals surface area contributed by atoms with E-state index in [0.29, 0.717) is 22.6 Å². The highest BCUT2D eigenvalue weighted by Gasteiger charge is 2.23. The van der Waals surface area contributed by atoms with E-state index in [1.165, 1.54) is 29.6 Å². The van der Waals surface area contributed by atoms with Crippen LogP contribution in [0.1, 0.15) is 30.0 Å². The highest BCUT2D eigenvalue weighted by atomic mass is 19.1. The van der Waals surface area contributed by atoms with Crippen molar-refractivity contribution in [3.05, 3.63) is 71.8 Å². The van der Waals surface area contributed by atoms with E-state index in [2.05, 4.69) is 44.7 Å². The molecule has 4 aromatic rings. The summed E-state index contributed by atoms with van der Waals surface area (Å²) in [6.45, 7) is 0. The quantitative estimate of drug-likeness (QED) is 0.562. The third kappa shape index (κ3) is 2.83. The Morgan fingerprint density at radius 2 is 1.89 bits per heavy atom. The maximum atomic E-state index is 13.3. The fourth-order valence-corrected chi connectivity index (χ4v) is 3.77. The zero-order valence-electron chi connectivity index (χ0n) is 14.5. The van der Waals surface area contributed by atoms with Gasteiger partial charge in [0.1, 0.15) is 29.0 Å². The van der Waals surface area contributed by atoms with E-state index in [1.807, 2.05) is 0 Å². The van der Waals surface area contributed by atoms with Gasteiger partial charge in [-0.1, -0.05) is 29.4 Å². The Labute approximate surface area is 155 Å². The first-order valence-corrected chi connectivity index (χ1v) is 9.00. The van der Waals surface area contributed by atoms with Crippen LogP contribution in [-0.2, 0) is 6.42 Å². The molecule has 0 aliphatic heterocycles. The first-order valence-electron chi connectivity index (χ1n) is 9.00. The summed E-state index contributed by atoms with van der Waals surface area (Å²) in [6, 6.07) is 14.8. The minimum Gasteiger partial charge on any atom is -0.362 e. The summed E-state index contributed by atoms with van der Waals surface area (Å²) in [5, 5.41) is 8.43. The van der Waals surface area contributed by atoms with E-state index in [4.69, 9.17) is 4.52 Å². The summed E-state index contributed by atoms with van der Waals surface area (Å²) in [5.74, 6) is 0.391. The molecule has 2 heterocycles. The van der Waals surface area contributed by atoms with Crippen LogP contribution < -0.4 is 5.32 Å². The second-order valence-corrected chi connectivity index (χ2v) is 6.73. The smallest absolute Gasteiger partial charge is 0.263 e. The maximum Gasteiger partial charge on any atom is 0.263 e. The zero-order chi connectivity index (χ0) is 18.2. The SMILES string of the molecule is Fc1ccc(-c2noc3ncnc(NC4CCCc5ccccc54)c23)cc1. The summed E-state index contributed by atoms with van der Waals surface area (Å²) in [7, 11) is 0. The van der Waals surface area contributed by atoms with Gasteiger partial charge in [0, 0.05) is 5.56 Å². The van der Waals surface area contributed by atoms with Crippen LogP contribution in [0.3, 0.4) is 0 Å². The molecule has 2 aromatic heterocycles. The number of benzene rings is 2. The van der Waals surface area contributed by atoms with Gasteiger partial charge in [0.05, 0.1) is 6.04 Å². The topological polar surface area (TPSA) is 63.8 Å². The number of hydrogen-bond acceptors (Lipinski definition) is 5. The van der Waals surface area contributed by atoms with Gasteiger partial charge in [-0.15, -0.1) is 0 Å². The average Bonchev–Trinajstić information content (AvgIpc) is 3.14. The van der Waals surface area contributed by atoms with Crippen LogP contribution in [-0.4, -0.2) is 15.1 Å². The van der Waals surface area contributed by atoms with Crippen molar-refractivity contribution in [1.29, 1.82) is 0 Å².